The van der Waals surface area contributed by atoms with Crippen LogP contribution in [0.15, 0.2) is 12.3 Å². The first-order chi connectivity index (χ1) is 8.08. The molecular formula is C11H15ClN2O3. The van der Waals surface area contributed by atoms with Crippen LogP contribution in [0.25, 0.3) is 0 Å². The number of aromatic amines is 1. The SMILES string of the molecule is CCOC(=O)CN(CC)C(=O)c1cc(Cl)c[nH]1. The highest BCUT2D eigenvalue weighted by atomic mass is 35.5. The van der Waals surface area contributed by atoms with E-state index in [9.17, 15) is 9.59 Å². The Morgan fingerprint density at radius 1 is 1.47 bits per heavy atom. The van der Waals surface area contributed by atoms with Gasteiger partial charge in [0.2, 0.25) is 0 Å². The summed E-state index contributed by atoms with van der Waals surface area (Å²) >= 11 is 5.71. The van der Waals surface area contributed by atoms with Crippen LogP contribution in [0, 0.1) is 0 Å². The molecule has 0 atom stereocenters. The van der Waals surface area contributed by atoms with Crippen molar-refractivity contribution < 1.29 is 14.3 Å². The average molecular weight is 259 g/mol. The number of rotatable bonds is 5. The Balaban J connectivity index is 2.67. The van der Waals surface area contributed by atoms with Crippen LogP contribution < -0.4 is 0 Å². The van der Waals surface area contributed by atoms with Crippen LogP contribution >= 0.6 is 11.6 Å². The maximum Gasteiger partial charge on any atom is 0.325 e. The Hall–Kier alpha value is -1.49. The van der Waals surface area contributed by atoms with E-state index in [0.717, 1.165) is 0 Å². The van der Waals surface area contributed by atoms with Gasteiger partial charge in [-0.05, 0) is 19.9 Å². The molecule has 0 aliphatic heterocycles. The van der Waals surface area contributed by atoms with Crippen LogP contribution in [-0.4, -0.2) is 41.5 Å². The number of H-pyrrole nitrogens is 1. The molecule has 1 N–H and O–H groups in total. The van der Waals surface area contributed by atoms with Crippen molar-refractivity contribution in [2.45, 2.75) is 13.8 Å². The predicted molar refractivity (Wildman–Crippen MR) is 64.0 cm³/mol. The Labute approximate surface area is 105 Å². The van der Waals surface area contributed by atoms with Crippen LogP contribution in [0.3, 0.4) is 0 Å². The number of halogens is 1. The van der Waals surface area contributed by atoms with Gasteiger partial charge in [-0.2, -0.15) is 0 Å². The number of nitrogens with one attached hydrogen (secondary N) is 1. The minimum atomic E-state index is -0.416. The first-order valence-corrected chi connectivity index (χ1v) is 5.75. The number of hydrogen-bond acceptors (Lipinski definition) is 3. The topological polar surface area (TPSA) is 62.4 Å². The maximum atomic E-state index is 12.0. The number of hydrogen-bond donors (Lipinski definition) is 1. The van der Waals surface area contributed by atoms with E-state index in [0.29, 0.717) is 23.9 Å². The summed E-state index contributed by atoms with van der Waals surface area (Å²) in [4.78, 5) is 27.4. The third-order valence-electron chi connectivity index (χ3n) is 2.17. The Bertz CT molecular complexity index is 403. The van der Waals surface area contributed by atoms with Gasteiger partial charge in [-0.1, -0.05) is 11.6 Å². The van der Waals surface area contributed by atoms with E-state index >= 15 is 0 Å². The molecule has 0 aliphatic carbocycles. The van der Waals surface area contributed by atoms with Crippen LogP contribution in [0.4, 0.5) is 0 Å². The van der Waals surface area contributed by atoms with Crippen molar-refractivity contribution in [2.75, 3.05) is 19.7 Å². The lowest BCUT2D eigenvalue weighted by molar-refractivity contribution is -0.143. The van der Waals surface area contributed by atoms with Crippen molar-refractivity contribution in [3.05, 3.63) is 23.0 Å². The molecule has 1 rings (SSSR count). The maximum absolute atomic E-state index is 12.0. The lowest BCUT2D eigenvalue weighted by atomic mass is 10.3. The fourth-order valence-electron chi connectivity index (χ4n) is 1.35. The normalized spacial score (nSPS) is 10.1. The monoisotopic (exact) mass is 258 g/mol. The highest BCUT2D eigenvalue weighted by Gasteiger charge is 2.19. The van der Waals surface area contributed by atoms with Crippen molar-refractivity contribution >= 4 is 23.5 Å². The van der Waals surface area contributed by atoms with Crippen LogP contribution in [0.2, 0.25) is 5.02 Å². The summed E-state index contributed by atoms with van der Waals surface area (Å²) in [6.45, 7) is 4.19. The number of nitrogens with zero attached hydrogens (tertiary/aromatic N) is 1. The van der Waals surface area contributed by atoms with Crippen molar-refractivity contribution in [1.82, 2.24) is 9.88 Å². The van der Waals surface area contributed by atoms with Gasteiger partial charge in [0, 0.05) is 12.7 Å². The van der Waals surface area contributed by atoms with Gasteiger partial charge in [0.15, 0.2) is 0 Å². The zero-order chi connectivity index (χ0) is 12.8. The van der Waals surface area contributed by atoms with Gasteiger partial charge in [0.1, 0.15) is 12.2 Å². The second-order valence-corrected chi connectivity index (χ2v) is 3.79. The van der Waals surface area contributed by atoms with Crippen molar-refractivity contribution in [3.63, 3.8) is 0 Å². The van der Waals surface area contributed by atoms with Crippen LogP contribution in [-0.2, 0) is 9.53 Å². The molecule has 1 aromatic heterocycles. The second-order valence-electron chi connectivity index (χ2n) is 3.36. The molecule has 1 heterocycles. The summed E-state index contributed by atoms with van der Waals surface area (Å²) in [7, 11) is 0. The summed E-state index contributed by atoms with van der Waals surface area (Å²) in [6, 6.07) is 1.53. The summed E-state index contributed by atoms with van der Waals surface area (Å²) in [5.41, 5.74) is 0.362. The van der Waals surface area contributed by atoms with E-state index in [1.54, 1.807) is 13.8 Å². The van der Waals surface area contributed by atoms with Crippen molar-refractivity contribution in [1.29, 1.82) is 0 Å². The van der Waals surface area contributed by atoms with Gasteiger partial charge in [0.25, 0.3) is 5.91 Å². The molecule has 6 heteroatoms. The zero-order valence-electron chi connectivity index (χ0n) is 9.83. The summed E-state index contributed by atoms with van der Waals surface area (Å²) in [5, 5.41) is 0.459. The average Bonchev–Trinajstić information content (AvgIpc) is 2.72. The number of carbonyl (C=O) groups is 2. The Morgan fingerprint density at radius 3 is 2.65 bits per heavy atom. The van der Waals surface area contributed by atoms with Crippen LogP contribution in [0.5, 0.6) is 0 Å². The largest absolute Gasteiger partial charge is 0.465 e. The number of aromatic nitrogens is 1. The molecule has 0 saturated carbocycles. The number of esters is 1. The zero-order valence-corrected chi connectivity index (χ0v) is 10.6. The Kier molecular flexibility index (Phi) is 5.03. The molecule has 0 bridgehead atoms. The van der Waals surface area contributed by atoms with E-state index in [1.165, 1.54) is 17.2 Å². The lowest BCUT2D eigenvalue weighted by Gasteiger charge is -2.18. The molecular weight excluding hydrogens is 244 g/mol. The summed E-state index contributed by atoms with van der Waals surface area (Å²) in [5.74, 6) is -0.687. The molecule has 5 nitrogen and oxygen atoms in total. The molecule has 0 saturated heterocycles. The van der Waals surface area contributed by atoms with Gasteiger partial charge in [0.05, 0.1) is 11.6 Å². The highest BCUT2D eigenvalue weighted by Crippen LogP contribution is 2.11. The molecule has 0 radical (unpaired) electrons. The standard InChI is InChI=1S/C11H15ClN2O3/c1-3-14(7-10(15)17-4-2)11(16)9-5-8(12)6-13-9/h5-6,13H,3-4,7H2,1-2H3. The van der Waals surface area contributed by atoms with Crippen molar-refractivity contribution in [2.24, 2.45) is 0 Å². The molecule has 1 aromatic rings. The molecule has 0 fully saturated rings. The lowest BCUT2D eigenvalue weighted by Crippen LogP contribution is -2.36. The molecule has 0 spiro atoms. The minimum absolute atomic E-state index is 0.0557. The molecule has 17 heavy (non-hydrogen) atoms. The van der Waals surface area contributed by atoms with Gasteiger partial charge in [-0.3, -0.25) is 9.59 Å². The molecule has 94 valence electrons. The van der Waals surface area contributed by atoms with E-state index in [-0.39, 0.29) is 12.5 Å². The summed E-state index contributed by atoms with van der Waals surface area (Å²) in [6.07, 6.45) is 1.52. The number of amides is 1. The number of carbonyl (C=O) groups excluding carboxylic acids is 2. The predicted octanol–water partition coefficient (Wildman–Crippen LogP) is 1.69. The Morgan fingerprint density at radius 2 is 2.18 bits per heavy atom. The van der Waals surface area contributed by atoms with Gasteiger partial charge in [-0.25, -0.2) is 0 Å². The minimum Gasteiger partial charge on any atom is -0.465 e. The van der Waals surface area contributed by atoms with E-state index in [1.807, 2.05) is 0 Å². The molecule has 0 unspecified atom stereocenters. The molecule has 0 aliphatic rings. The molecule has 0 aromatic carbocycles. The number of likely N-dealkylation sites (N-methyl/N-ethyl adjacent to an activating group) is 1. The first kappa shape index (κ1) is 13.6. The fourth-order valence-corrected chi connectivity index (χ4v) is 1.52. The smallest absolute Gasteiger partial charge is 0.325 e. The van der Waals surface area contributed by atoms with E-state index in [4.69, 9.17) is 16.3 Å². The highest BCUT2D eigenvalue weighted by molar-refractivity contribution is 6.30. The third kappa shape index (κ3) is 3.78. The molecule has 1 amide bonds. The van der Waals surface area contributed by atoms with Crippen molar-refractivity contribution in [3.8, 4) is 0 Å². The second kappa shape index (κ2) is 6.30. The number of ether oxygens (including phenoxy) is 1. The van der Waals surface area contributed by atoms with Gasteiger partial charge < -0.3 is 14.6 Å². The van der Waals surface area contributed by atoms with Gasteiger partial charge in [-0.15, -0.1) is 0 Å². The third-order valence-corrected chi connectivity index (χ3v) is 2.39. The van der Waals surface area contributed by atoms with E-state index < -0.39 is 5.97 Å². The van der Waals surface area contributed by atoms with Crippen LogP contribution in [0.1, 0.15) is 24.3 Å². The fraction of sp³-hybridized carbons (Fsp3) is 0.455. The quantitative estimate of drug-likeness (QED) is 0.818. The summed E-state index contributed by atoms with van der Waals surface area (Å²) < 4.78 is 4.80. The van der Waals surface area contributed by atoms with Gasteiger partial charge >= 0.3 is 5.97 Å². The van der Waals surface area contributed by atoms with E-state index in [2.05, 4.69) is 4.98 Å². The first-order valence-electron chi connectivity index (χ1n) is 5.37.